The van der Waals surface area contributed by atoms with Crippen molar-refractivity contribution in [3.05, 3.63) is 65.2 Å². The number of nitrogens with one attached hydrogen (secondary N) is 1. The van der Waals surface area contributed by atoms with E-state index < -0.39 is 11.9 Å². The van der Waals surface area contributed by atoms with Crippen molar-refractivity contribution in [3.63, 3.8) is 0 Å². The number of benzene rings is 2. The summed E-state index contributed by atoms with van der Waals surface area (Å²) in [7, 11) is 0. The van der Waals surface area contributed by atoms with E-state index in [1.54, 1.807) is 18.2 Å². The van der Waals surface area contributed by atoms with E-state index in [-0.39, 0.29) is 11.3 Å². The minimum absolute atomic E-state index is 0.0891. The van der Waals surface area contributed by atoms with Crippen molar-refractivity contribution in [2.45, 2.75) is 0 Å². The van der Waals surface area contributed by atoms with Gasteiger partial charge >= 0.3 is 5.97 Å². The molecule has 2 rings (SSSR count). The summed E-state index contributed by atoms with van der Waals surface area (Å²) in [4.78, 5) is 22.7. The highest BCUT2D eigenvalue weighted by Gasteiger charge is 2.07. The van der Waals surface area contributed by atoms with Crippen LogP contribution in [0.2, 0.25) is 0 Å². The van der Waals surface area contributed by atoms with E-state index in [0.29, 0.717) is 11.1 Å². The summed E-state index contributed by atoms with van der Waals surface area (Å²) in [6, 6.07) is 11.6. The largest absolute Gasteiger partial charge is 0.872 e. The molecule has 0 saturated heterocycles. The van der Waals surface area contributed by atoms with Gasteiger partial charge in [0.25, 0.3) is 5.91 Å². The fraction of sp³-hybridized carbons (Fsp3) is 0. The van der Waals surface area contributed by atoms with Gasteiger partial charge in [0.15, 0.2) is 0 Å². The second-order valence-corrected chi connectivity index (χ2v) is 4.12. The smallest absolute Gasteiger partial charge is 0.336 e. The summed E-state index contributed by atoms with van der Waals surface area (Å²) in [5.41, 5.74) is 3.02. The Bertz CT molecular complexity index is 693. The first kappa shape index (κ1) is 14.3. The molecule has 0 aliphatic carbocycles. The summed E-state index contributed by atoms with van der Waals surface area (Å²) < 4.78 is 0. The maximum Gasteiger partial charge on any atom is 0.336 e. The predicted octanol–water partition coefficient (Wildman–Crippen LogP) is 1.22. The first-order valence-electron chi connectivity index (χ1n) is 6.01. The summed E-state index contributed by atoms with van der Waals surface area (Å²) in [5, 5.41) is 23.6. The summed E-state index contributed by atoms with van der Waals surface area (Å²) in [6.07, 6.45) is 1.25. The molecule has 0 bridgehead atoms. The van der Waals surface area contributed by atoms with Crippen LogP contribution in [0.1, 0.15) is 26.3 Å². The third-order valence-corrected chi connectivity index (χ3v) is 2.68. The second-order valence-electron chi connectivity index (χ2n) is 4.12. The number of nitrogens with zero attached hydrogens (tertiary/aromatic N) is 1. The molecule has 0 fully saturated rings. The molecule has 0 aliphatic heterocycles. The number of hydrogen-bond donors (Lipinski definition) is 2. The number of rotatable bonds is 4. The number of amides is 1. The monoisotopic (exact) mass is 283 g/mol. The van der Waals surface area contributed by atoms with Crippen molar-refractivity contribution in [1.29, 1.82) is 0 Å². The topological polar surface area (TPSA) is 102 Å². The third-order valence-electron chi connectivity index (χ3n) is 2.68. The van der Waals surface area contributed by atoms with Gasteiger partial charge in [-0.3, -0.25) is 4.79 Å². The van der Waals surface area contributed by atoms with Crippen LogP contribution in [0.5, 0.6) is 5.75 Å². The molecule has 0 unspecified atom stereocenters. The third kappa shape index (κ3) is 3.66. The number of carboxylic acid groups (broad SMARTS) is 1. The Hall–Kier alpha value is -3.15. The van der Waals surface area contributed by atoms with Crippen LogP contribution in [-0.4, -0.2) is 23.2 Å². The standard InChI is InChI=1S/C15H12N2O4/c18-12-7-5-10(6-8-12)14(19)17-16-9-11-3-1-2-4-13(11)15(20)21/h1-9,18H,(H,17,19)(H,20,21)/p-1/b16-9-. The van der Waals surface area contributed by atoms with Crippen LogP contribution < -0.4 is 10.5 Å². The highest BCUT2D eigenvalue weighted by atomic mass is 16.4. The van der Waals surface area contributed by atoms with Crippen LogP contribution in [0.3, 0.4) is 0 Å². The first-order chi connectivity index (χ1) is 10.1. The van der Waals surface area contributed by atoms with Crippen LogP contribution in [0.4, 0.5) is 0 Å². The zero-order valence-corrected chi connectivity index (χ0v) is 10.8. The molecular formula is C15H11N2O4-. The van der Waals surface area contributed by atoms with Crippen LogP contribution in [0.25, 0.3) is 0 Å². The summed E-state index contributed by atoms with van der Waals surface area (Å²) in [5.74, 6) is -1.75. The molecule has 2 aromatic rings. The normalized spacial score (nSPS) is 10.5. The Kier molecular flexibility index (Phi) is 4.30. The molecule has 0 spiro atoms. The van der Waals surface area contributed by atoms with Crippen molar-refractivity contribution in [2.75, 3.05) is 0 Å². The molecule has 0 aromatic heterocycles. The average Bonchev–Trinajstić information content (AvgIpc) is 2.48. The van der Waals surface area contributed by atoms with Gasteiger partial charge in [-0.05, 0) is 6.07 Å². The van der Waals surface area contributed by atoms with Crippen molar-refractivity contribution in [3.8, 4) is 5.75 Å². The van der Waals surface area contributed by atoms with Crippen LogP contribution in [0, 0.1) is 0 Å². The van der Waals surface area contributed by atoms with Gasteiger partial charge in [-0.25, -0.2) is 10.2 Å². The number of aromatic carboxylic acids is 1. The fourth-order valence-electron chi connectivity index (χ4n) is 1.64. The van der Waals surface area contributed by atoms with Crippen LogP contribution in [0.15, 0.2) is 53.6 Å². The quantitative estimate of drug-likeness (QED) is 0.650. The fourth-order valence-corrected chi connectivity index (χ4v) is 1.64. The predicted molar refractivity (Wildman–Crippen MR) is 74.3 cm³/mol. The zero-order valence-electron chi connectivity index (χ0n) is 10.8. The molecule has 21 heavy (non-hydrogen) atoms. The van der Waals surface area contributed by atoms with Crippen molar-refractivity contribution < 1.29 is 19.8 Å². The molecular weight excluding hydrogens is 272 g/mol. The van der Waals surface area contributed by atoms with Gasteiger partial charge < -0.3 is 10.2 Å². The molecule has 2 N–H and O–H groups in total. The minimum Gasteiger partial charge on any atom is -0.872 e. The Balaban J connectivity index is 2.07. The number of hydrazone groups is 1. The lowest BCUT2D eigenvalue weighted by Crippen LogP contribution is -2.17. The molecule has 1 amide bonds. The van der Waals surface area contributed by atoms with Gasteiger partial charge in [-0.15, -0.1) is 5.75 Å². The molecule has 0 heterocycles. The Morgan fingerprint density at radius 2 is 1.76 bits per heavy atom. The van der Waals surface area contributed by atoms with Gasteiger partial charge in [0.05, 0.1) is 11.8 Å². The summed E-state index contributed by atoms with van der Waals surface area (Å²) >= 11 is 0. The summed E-state index contributed by atoms with van der Waals surface area (Å²) in [6.45, 7) is 0. The molecule has 0 saturated carbocycles. The second kappa shape index (κ2) is 6.33. The van der Waals surface area contributed by atoms with Gasteiger partial charge in [0.2, 0.25) is 0 Å². The van der Waals surface area contributed by atoms with E-state index in [1.165, 1.54) is 36.5 Å². The van der Waals surface area contributed by atoms with E-state index in [9.17, 15) is 14.7 Å². The highest BCUT2D eigenvalue weighted by Crippen LogP contribution is 2.07. The van der Waals surface area contributed by atoms with E-state index in [0.717, 1.165) is 0 Å². The lowest BCUT2D eigenvalue weighted by Gasteiger charge is -2.05. The maximum atomic E-state index is 11.7. The molecule has 6 heteroatoms. The molecule has 106 valence electrons. The SMILES string of the molecule is O=C(N/N=C\c1ccccc1C(=O)O)c1ccc([O-])cc1. The molecule has 0 radical (unpaired) electrons. The average molecular weight is 283 g/mol. The van der Waals surface area contributed by atoms with Gasteiger partial charge in [0.1, 0.15) is 0 Å². The van der Waals surface area contributed by atoms with Crippen LogP contribution >= 0.6 is 0 Å². The number of carboxylic acids is 1. The molecule has 0 atom stereocenters. The lowest BCUT2D eigenvalue weighted by molar-refractivity contribution is -0.268. The van der Waals surface area contributed by atoms with Crippen molar-refractivity contribution in [1.82, 2.24) is 5.43 Å². The Morgan fingerprint density at radius 3 is 2.43 bits per heavy atom. The Labute approximate surface area is 120 Å². The highest BCUT2D eigenvalue weighted by molar-refractivity contribution is 5.99. The molecule has 2 aromatic carbocycles. The first-order valence-corrected chi connectivity index (χ1v) is 6.01. The van der Waals surface area contributed by atoms with Gasteiger partial charge in [0, 0.05) is 11.1 Å². The van der Waals surface area contributed by atoms with Gasteiger partial charge in [-0.2, -0.15) is 5.10 Å². The van der Waals surface area contributed by atoms with Crippen LogP contribution in [-0.2, 0) is 0 Å². The number of hydrogen-bond acceptors (Lipinski definition) is 4. The van der Waals surface area contributed by atoms with E-state index in [1.807, 2.05) is 0 Å². The zero-order chi connectivity index (χ0) is 15.2. The van der Waals surface area contributed by atoms with Crippen molar-refractivity contribution in [2.24, 2.45) is 5.10 Å². The maximum absolute atomic E-state index is 11.7. The molecule has 0 aliphatic rings. The minimum atomic E-state index is -1.07. The van der Waals surface area contributed by atoms with E-state index in [2.05, 4.69) is 10.5 Å². The van der Waals surface area contributed by atoms with E-state index in [4.69, 9.17) is 5.11 Å². The lowest BCUT2D eigenvalue weighted by atomic mass is 10.1. The number of carbonyl (C=O) groups is 2. The molecule has 6 nitrogen and oxygen atoms in total. The van der Waals surface area contributed by atoms with Gasteiger partial charge in [-0.1, -0.05) is 42.5 Å². The Morgan fingerprint density at radius 1 is 1.10 bits per heavy atom. The van der Waals surface area contributed by atoms with Crippen molar-refractivity contribution >= 4 is 18.1 Å². The number of carbonyl (C=O) groups excluding carboxylic acids is 1. The van der Waals surface area contributed by atoms with E-state index >= 15 is 0 Å².